The maximum Gasteiger partial charge on any atom is 0.338 e. The molecule has 0 aliphatic heterocycles. The van der Waals surface area contributed by atoms with E-state index in [-0.39, 0.29) is 18.0 Å². The van der Waals surface area contributed by atoms with Crippen molar-refractivity contribution in [2.45, 2.75) is 6.92 Å². The second-order valence-corrected chi connectivity index (χ2v) is 4.83. The summed E-state index contributed by atoms with van der Waals surface area (Å²) in [4.78, 5) is 35.1. The van der Waals surface area contributed by atoms with Gasteiger partial charge in [0.05, 0.1) is 12.2 Å². The molecule has 0 unspecified atom stereocenters. The summed E-state index contributed by atoms with van der Waals surface area (Å²) in [7, 11) is 0. The van der Waals surface area contributed by atoms with Crippen LogP contribution < -0.4 is 10.6 Å². The van der Waals surface area contributed by atoms with Gasteiger partial charge in [-0.1, -0.05) is 0 Å². The van der Waals surface area contributed by atoms with E-state index in [1.165, 1.54) is 24.3 Å². The lowest BCUT2D eigenvalue weighted by atomic mass is 10.2. The zero-order chi connectivity index (χ0) is 18.4. The Bertz CT molecular complexity index is 807. The van der Waals surface area contributed by atoms with Crippen molar-refractivity contribution in [3.05, 3.63) is 59.7 Å². The largest absolute Gasteiger partial charge is 0.462 e. The summed E-state index contributed by atoms with van der Waals surface area (Å²) in [5.74, 6) is -4.78. The van der Waals surface area contributed by atoms with Crippen LogP contribution in [0.15, 0.2) is 42.5 Å². The van der Waals surface area contributed by atoms with Gasteiger partial charge in [-0.15, -0.1) is 0 Å². The molecule has 6 nitrogen and oxygen atoms in total. The smallest absolute Gasteiger partial charge is 0.338 e. The number of halogens is 2. The fraction of sp³-hybridized carbons (Fsp3) is 0.118. The van der Waals surface area contributed by atoms with Crippen LogP contribution in [0.3, 0.4) is 0 Å². The fourth-order valence-corrected chi connectivity index (χ4v) is 1.85. The zero-order valence-corrected chi connectivity index (χ0v) is 13.1. The Labute approximate surface area is 141 Å². The summed E-state index contributed by atoms with van der Waals surface area (Å²) in [5.41, 5.74) is 0.515. The molecule has 0 saturated carbocycles. The Kier molecular flexibility index (Phi) is 5.78. The molecular weight excluding hydrogens is 334 g/mol. The molecule has 130 valence electrons. The highest BCUT2D eigenvalue weighted by Gasteiger charge is 2.15. The van der Waals surface area contributed by atoms with Crippen LogP contribution in [0.1, 0.15) is 17.3 Å². The first-order chi connectivity index (χ1) is 11.9. The molecule has 25 heavy (non-hydrogen) atoms. The number of carbonyl (C=O) groups excluding carboxylic acids is 3. The van der Waals surface area contributed by atoms with E-state index < -0.39 is 29.4 Å². The van der Waals surface area contributed by atoms with E-state index in [1.54, 1.807) is 6.92 Å². The summed E-state index contributed by atoms with van der Waals surface area (Å²) in [6.45, 7) is 1.92. The maximum absolute atomic E-state index is 13.1. The maximum atomic E-state index is 13.1. The fourth-order valence-electron chi connectivity index (χ4n) is 1.85. The van der Waals surface area contributed by atoms with Gasteiger partial charge in [0.15, 0.2) is 11.6 Å². The van der Waals surface area contributed by atoms with Crippen molar-refractivity contribution in [2.24, 2.45) is 0 Å². The average Bonchev–Trinajstić information content (AvgIpc) is 2.59. The number of ether oxygens (including phenoxy) is 1. The third-order valence-corrected chi connectivity index (χ3v) is 3.04. The van der Waals surface area contributed by atoms with Gasteiger partial charge < -0.3 is 15.4 Å². The lowest BCUT2D eigenvalue weighted by molar-refractivity contribution is -0.133. The second kappa shape index (κ2) is 8.00. The second-order valence-electron chi connectivity index (χ2n) is 4.83. The average molecular weight is 348 g/mol. The first-order valence-electron chi connectivity index (χ1n) is 7.25. The molecule has 2 aromatic rings. The standard InChI is InChI=1S/C17H14F2N2O4/c1-2-25-17(24)10-3-5-11(6-4-10)20-15(22)16(23)21-12-7-8-13(18)14(19)9-12/h3-9H,2H2,1H3,(H,20,22)(H,21,23). The number of benzene rings is 2. The number of nitrogens with one attached hydrogen (secondary N) is 2. The highest BCUT2D eigenvalue weighted by atomic mass is 19.2. The van der Waals surface area contributed by atoms with Gasteiger partial charge >= 0.3 is 17.8 Å². The molecule has 0 heterocycles. The molecule has 2 N–H and O–H groups in total. The molecule has 0 aromatic heterocycles. The van der Waals surface area contributed by atoms with Crippen molar-refractivity contribution in [2.75, 3.05) is 17.2 Å². The molecule has 0 bridgehead atoms. The van der Waals surface area contributed by atoms with Crippen molar-refractivity contribution in [3.8, 4) is 0 Å². The SMILES string of the molecule is CCOC(=O)c1ccc(NC(=O)C(=O)Nc2ccc(F)c(F)c2)cc1. The zero-order valence-electron chi connectivity index (χ0n) is 13.1. The van der Waals surface area contributed by atoms with Crippen LogP contribution in [0.4, 0.5) is 20.2 Å². The van der Waals surface area contributed by atoms with Crippen LogP contribution in [-0.4, -0.2) is 24.4 Å². The van der Waals surface area contributed by atoms with Gasteiger partial charge in [-0.2, -0.15) is 0 Å². The van der Waals surface area contributed by atoms with Gasteiger partial charge in [0.25, 0.3) is 0 Å². The van der Waals surface area contributed by atoms with Crippen LogP contribution in [-0.2, 0) is 14.3 Å². The minimum atomic E-state index is -1.15. The number of carbonyl (C=O) groups is 3. The van der Waals surface area contributed by atoms with Crippen molar-refractivity contribution >= 4 is 29.2 Å². The van der Waals surface area contributed by atoms with E-state index in [1.807, 2.05) is 0 Å². The Morgan fingerprint density at radius 1 is 0.880 bits per heavy atom. The number of hydrogen-bond donors (Lipinski definition) is 2. The van der Waals surface area contributed by atoms with E-state index in [9.17, 15) is 23.2 Å². The quantitative estimate of drug-likeness (QED) is 0.657. The summed E-state index contributed by atoms with van der Waals surface area (Å²) >= 11 is 0. The Morgan fingerprint density at radius 3 is 2.00 bits per heavy atom. The topological polar surface area (TPSA) is 84.5 Å². The Balaban J connectivity index is 1.97. The van der Waals surface area contributed by atoms with Crippen molar-refractivity contribution < 1.29 is 27.9 Å². The van der Waals surface area contributed by atoms with Gasteiger partial charge in [0, 0.05) is 17.4 Å². The van der Waals surface area contributed by atoms with Crippen LogP contribution in [0.2, 0.25) is 0 Å². The Hall–Kier alpha value is -3.29. The lowest BCUT2D eigenvalue weighted by Crippen LogP contribution is -2.29. The predicted octanol–water partition coefficient (Wildman–Crippen LogP) is 2.72. The van der Waals surface area contributed by atoms with Gasteiger partial charge in [0.1, 0.15) is 0 Å². The van der Waals surface area contributed by atoms with Gasteiger partial charge in [0.2, 0.25) is 0 Å². The third-order valence-electron chi connectivity index (χ3n) is 3.04. The summed E-state index contributed by atoms with van der Waals surface area (Å²) in [5, 5.41) is 4.46. The molecule has 0 aliphatic carbocycles. The van der Waals surface area contributed by atoms with E-state index in [0.717, 1.165) is 18.2 Å². The summed E-state index contributed by atoms with van der Waals surface area (Å²) in [6.07, 6.45) is 0. The summed E-state index contributed by atoms with van der Waals surface area (Å²) < 4.78 is 30.7. The van der Waals surface area contributed by atoms with Crippen LogP contribution in [0, 0.1) is 11.6 Å². The first-order valence-corrected chi connectivity index (χ1v) is 7.25. The molecule has 0 atom stereocenters. The molecular formula is C17H14F2N2O4. The van der Waals surface area contributed by atoms with Crippen molar-refractivity contribution in [3.63, 3.8) is 0 Å². The number of esters is 1. The van der Waals surface area contributed by atoms with E-state index in [4.69, 9.17) is 4.74 Å². The van der Waals surface area contributed by atoms with Gasteiger partial charge in [-0.3, -0.25) is 9.59 Å². The molecule has 0 spiro atoms. The van der Waals surface area contributed by atoms with Gasteiger partial charge in [-0.25, -0.2) is 13.6 Å². The lowest BCUT2D eigenvalue weighted by Gasteiger charge is -2.07. The molecule has 0 aliphatic rings. The minimum Gasteiger partial charge on any atom is -0.462 e. The highest BCUT2D eigenvalue weighted by Crippen LogP contribution is 2.14. The van der Waals surface area contributed by atoms with Crippen LogP contribution in [0.25, 0.3) is 0 Å². The summed E-state index contributed by atoms with van der Waals surface area (Å²) in [6, 6.07) is 8.43. The van der Waals surface area contributed by atoms with Crippen LogP contribution >= 0.6 is 0 Å². The first kappa shape index (κ1) is 18.1. The Morgan fingerprint density at radius 2 is 1.44 bits per heavy atom. The minimum absolute atomic E-state index is 0.0586. The van der Waals surface area contributed by atoms with Crippen molar-refractivity contribution in [1.29, 1.82) is 0 Å². The van der Waals surface area contributed by atoms with Crippen molar-refractivity contribution in [1.82, 2.24) is 0 Å². The number of anilines is 2. The molecule has 2 amide bonds. The molecule has 0 saturated heterocycles. The number of amides is 2. The highest BCUT2D eigenvalue weighted by molar-refractivity contribution is 6.43. The monoisotopic (exact) mass is 348 g/mol. The molecule has 2 rings (SSSR count). The normalized spacial score (nSPS) is 10.0. The molecule has 2 aromatic carbocycles. The number of hydrogen-bond acceptors (Lipinski definition) is 4. The predicted molar refractivity (Wildman–Crippen MR) is 86.0 cm³/mol. The number of rotatable bonds is 4. The molecule has 8 heteroatoms. The van der Waals surface area contributed by atoms with Gasteiger partial charge in [-0.05, 0) is 43.3 Å². The van der Waals surface area contributed by atoms with E-state index in [0.29, 0.717) is 5.56 Å². The van der Waals surface area contributed by atoms with E-state index >= 15 is 0 Å². The molecule has 0 radical (unpaired) electrons. The molecule has 0 fully saturated rings. The van der Waals surface area contributed by atoms with E-state index in [2.05, 4.69) is 10.6 Å². The third kappa shape index (κ3) is 4.84. The van der Waals surface area contributed by atoms with Crippen LogP contribution in [0.5, 0.6) is 0 Å².